The molecule has 0 aromatic heterocycles. The van der Waals surface area contributed by atoms with Crippen molar-refractivity contribution < 1.29 is 14.2 Å². The van der Waals surface area contributed by atoms with E-state index in [2.05, 4.69) is 6.07 Å². The first kappa shape index (κ1) is 14.7. The molecule has 0 spiro atoms. The van der Waals surface area contributed by atoms with Crippen molar-refractivity contribution in [3.8, 4) is 17.2 Å². The van der Waals surface area contributed by atoms with Gasteiger partial charge in [-0.2, -0.15) is 0 Å². The Morgan fingerprint density at radius 2 is 1.39 bits per heavy atom. The van der Waals surface area contributed by atoms with Crippen LogP contribution >= 0.6 is 0 Å². The van der Waals surface area contributed by atoms with Crippen molar-refractivity contribution in [2.45, 2.75) is 59.9 Å². The molecule has 1 radical (unpaired) electrons. The van der Waals surface area contributed by atoms with Gasteiger partial charge in [-0.25, -0.2) is 0 Å². The van der Waals surface area contributed by atoms with E-state index < -0.39 is 0 Å². The van der Waals surface area contributed by atoms with E-state index in [1.807, 2.05) is 47.6 Å². The summed E-state index contributed by atoms with van der Waals surface area (Å²) in [4.78, 5) is 0. The number of ether oxygens (including phenoxy) is 3. The first-order chi connectivity index (χ1) is 8.40. The van der Waals surface area contributed by atoms with Crippen molar-refractivity contribution in [1.29, 1.82) is 0 Å². The van der Waals surface area contributed by atoms with E-state index in [0.29, 0.717) is 17.2 Å². The maximum Gasteiger partial charge on any atom is 0.204 e. The van der Waals surface area contributed by atoms with E-state index in [4.69, 9.17) is 14.2 Å². The van der Waals surface area contributed by atoms with Gasteiger partial charge in [-0.1, -0.05) is 0 Å². The Balaban J connectivity index is 3.08. The number of rotatable bonds is 6. The average Bonchev–Trinajstić information content (AvgIpc) is 2.20. The van der Waals surface area contributed by atoms with Crippen LogP contribution in [0.5, 0.6) is 17.2 Å². The highest BCUT2D eigenvalue weighted by atomic mass is 16.6. The van der Waals surface area contributed by atoms with Crippen LogP contribution in [-0.2, 0) is 0 Å². The molecule has 101 valence electrons. The summed E-state index contributed by atoms with van der Waals surface area (Å²) in [6.45, 7) is 11.9. The molecule has 0 heterocycles. The minimum Gasteiger partial charge on any atom is -0.487 e. The molecule has 18 heavy (non-hydrogen) atoms. The molecule has 1 rings (SSSR count). The van der Waals surface area contributed by atoms with E-state index in [9.17, 15) is 0 Å². The van der Waals surface area contributed by atoms with Crippen LogP contribution < -0.4 is 14.2 Å². The number of hydrogen-bond donors (Lipinski definition) is 0. The molecule has 3 nitrogen and oxygen atoms in total. The number of hydrogen-bond acceptors (Lipinski definition) is 3. The topological polar surface area (TPSA) is 27.7 Å². The Morgan fingerprint density at radius 3 is 1.89 bits per heavy atom. The maximum atomic E-state index is 5.80. The Bertz CT molecular complexity index is 342. The highest BCUT2D eigenvalue weighted by molar-refractivity contribution is 5.50. The van der Waals surface area contributed by atoms with E-state index in [0.717, 1.165) is 0 Å². The molecule has 1 aromatic carbocycles. The molecule has 0 saturated heterocycles. The number of benzene rings is 1. The highest BCUT2D eigenvalue weighted by Crippen LogP contribution is 2.38. The predicted octanol–water partition coefficient (Wildman–Crippen LogP) is 3.85. The Labute approximate surface area is 110 Å². The highest BCUT2D eigenvalue weighted by Gasteiger charge is 2.16. The summed E-state index contributed by atoms with van der Waals surface area (Å²) in [5.74, 6) is 1.94. The lowest BCUT2D eigenvalue weighted by Gasteiger charge is -2.20. The van der Waals surface area contributed by atoms with Crippen LogP contribution in [0.1, 0.15) is 41.5 Å². The average molecular weight is 251 g/mol. The molecular formula is C15H23O3. The molecular weight excluding hydrogens is 228 g/mol. The summed E-state index contributed by atoms with van der Waals surface area (Å²) in [7, 11) is 0. The Morgan fingerprint density at radius 1 is 0.833 bits per heavy atom. The first-order valence-electron chi connectivity index (χ1n) is 6.44. The molecule has 0 aliphatic carbocycles. The summed E-state index contributed by atoms with van der Waals surface area (Å²) >= 11 is 0. The van der Waals surface area contributed by atoms with Gasteiger partial charge >= 0.3 is 0 Å². The fourth-order valence-electron chi connectivity index (χ4n) is 1.46. The summed E-state index contributed by atoms with van der Waals surface area (Å²) in [5.41, 5.74) is 0. The molecule has 0 aliphatic heterocycles. The zero-order chi connectivity index (χ0) is 13.7. The van der Waals surface area contributed by atoms with E-state index in [1.165, 1.54) is 0 Å². The van der Waals surface area contributed by atoms with Crippen molar-refractivity contribution in [2.24, 2.45) is 0 Å². The van der Waals surface area contributed by atoms with E-state index >= 15 is 0 Å². The van der Waals surface area contributed by atoms with Crippen molar-refractivity contribution in [3.05, 3.63) is 18.2 Å². The van der Waals surface area contributed by atoms with Crippen LogP contribution in [0.4, 0.5) is 0 Å². The molecule has 0 unspecified atom stereocenters. The lowest BCUT2D eigenvalue weighted by molar-refractivity contribution is 0.176. The third-order valence-electron chi connectivity index (χ3n) is 1.95. The van der Waals surface area contributed by atoms with Gasteiger partial charge < -0.3 is 14.2 Å². The fourth-order valence-corrected chi connectivity index (χ4v) is 1.46. The standard InChI is InChI=1S/C15H23O3/c1-10(2)16-13-8-7-9-14(17-11(3)4)15(13)18-12(5)6/h7-8,10-12H,1-6H3. The predicted molar refractivity (Wildman–Crippen MR) is 72.6 cm³/mol. The van der Waals surface area contributed by atoms with Crippen LogP contribution in [0, 0.1) is 6.07 Å². The van der Waals surface area contributed by atoms with Crippen molar-refractivity contribution in [3.63, 3.8) is 0 Å². The molecule has 0 aliphatic rings. The molecule has 0 bridgehead atoms. The van der Waals surface area contributed by atoms with Crippen LogP contribution in [-0.4, -0.2) is 18.3 Å². The van der Waals surface area contributed by atoms with Crippen LogP contribution in [0.2, 0.25) is 0 Å². The third kappa shape index (κ3) is 4.47. The van der Waals surface area contributed by atoms with E-state index in [1.54, 1.807) is 6.07 Å². The summed E-state index contributed by atoms with van der Waals surface area (Å²) in [6.07, 6.45) is 0.226. The summed E-state index contributed by atoms with van der Waals surface area (Å²) in [5, 5.41) is 0. The van der Waals surface area contributed by atoms with Crippen LogP contribution in [0.15, 0.2) is 12.1 Å². The third-order valence-corrected chi connectivity index (χ3v) is 1.95. The molecule has 3 heteroatoms. The summed E-state index contributed by atoms with van der Waals surface area (Å²) in [6, 6.07) is 6.71. The molecule has 0 N–H and O–H groups in total. The quantitative estimate of drug-likeness (QED) is 0.768. The molecule has 0 saturated carbocycles. The lowest BCUT2D eigenvalue weighted by Crippen LogP contribution is -2.13. The molecule has 0 fully saturated rings. The van der Waals surface area contributed by atoms with Gasteiger partial charge in [-0.3, -0.25) is 0 Å². The van der Waals surface area contributed by atoms with Crippen molar-refractivity contribution in [1.82, 2.24) is 0 Å². The smallest absolute Gasteiger partial charge is 0.204 e. The SMILES string of the molecule is CC(C)Oc1[c]ccc(OC(C)C)c1OC(C)C. The minimum absolute atomic E-state index is 0.0600. The molecule has 1 aromatic rings. The van der Waals surface area contributed by atoms with Gasteiger partial charge in [0.25, 0.3) is 0 Å². The zero-order valence-electron chi connectivity index (χ0n) is 12.1. The van der Waals surface area contributed by atoms with Gasteiger partial charge in [0.2, 0.25) is 5.75 Å². The first-order valence-corrected chi connectivity index (χ1v) is 6.44. The maximum absolute atomic E-state index is 5.80. The van der Waals surface area contributed by atoms with Gasteiger partial charge in [-0.15, -0.1) is 0 Å². The second-order valence-corrected chi connectivity index (χ2v) is 5.00. The second-order valence-electron chi connectivity index (χ2n) is 5.00. The van der Waals surface area contributed by atoms with Crippen molar-refractivity contribution in [2.75, 3.05) is 0 Å². The largest absolute Gasteiger partial charge is 0.487 e. The van der Waals surface area contributed by atoms with Gasteiger partial charge in [0, 0.05) is 6.07 Å². The Kier molecular flexibility index (Phi) is 5.32. The summed E-state index contributed by atoms with van der Waals surface area (Å²) < 4.78 is 17.2. The lowest BCUT2D eigenvalue weighted by atomic mass is 10.2. The monoisotopic (exact) mass is 251 g/mol. The molecule has 0 atom stereocenters. The van der Waals surface area contributed by atoms with Gasteiger partial charge in [0.1, 0.15) is 0 Å². The second kappa shape index (κ2) is 6.53. The van der Waals surface area contributed by atoms with E-state index in [-0.39, 0.29) is 18.3 Å². The van der Waals surface area contributed by atoms with Gasteiger partial charge in [-0.05, 0) is 53.7 Å². The van der Waals surface area contributed by atoms with Crippen LogP contribution in [0.3, 0.4) is 0 Å². The molecule has 0 amide bonds. The van der Waals surface area contributed by atoms with Gasteiger partial charge in [0.05, 0.1) is 18.3 Å². The Hall–Kier alpha value is -1.38. The zero-order valence-corrected chi connectivity index (χ0v) is 12.1. The van der Waals surface area contributed by atoms with Crippen molar-refractivity contribution >= 4 is 0 Å². The fraction of sp³-hybridized carbons (Fsp3) is 0.600. The minimum atomic E-state index is 0.0600. The van der Waals surface area contributed by atoms with Gasteiger partial charge in [0.15, 0.2) is 11.5 Å². The van der Waals surface area contributed by atoms with Crippen LogP contribution in [0.25, 0.3) is 0 Å². The normalized spacial score (nSPS) is 11.2.